The highest BCUT2D eigenvalue weighted by Gasteiger charge is 1.98. The lowest BCUT2D eigenvalue weighted by atomic mass is 10.2. The molecule has 0 radical (unpaired) electrons. The summed E-state index contributed by atoms with van der Waals surface area (Å²) in [5.74, 6) is 0.664. The minimum absolute atomic E-state index is 0.303. The second kappa shape index (κ2) is 3.65. The van der Waals surface area contributed by atoms with Crippen molar-refractivity contribution in [2.45, 2.75) is 6.92 Å². The van der Waals surface area contributed by atoms with E-state index in [9.17, 15) is 0 Å². The molecule has 1 aromatic rings. The molecular formula is C7H8BClO2. The largest absolute Gasteiger partial charge is 0.539 e. The normalized spacial score (nSPS) is 9.36. The number of hydrogen-bond donors (Lipinski definition) is 1. The van der Waals surface area contributed by atoms with Crippen molar-refractivity contribution in [3.8, 4) is 5.75 Å². The Kier molecular flexibility index (Phi) is 2.80. The lowest BCUT2D eigenvalue weighted by molar-refractivity contribution is 0.452. The second-order valence-corrected chi connectivity index (χ2v) is 2.62. The van der Waals surface area contributed by atoms with Crippen molar-refractivity contribution in [1.29, 1.82) is 0 Å². The van der Waals surface area contributed by atoms with Crippen LogP contribution in [0.2, 0.25) is 5.02 Å². The first-order valence-corrected chi connectivity index (χ1v) is 3.61. The van der Waals surface area contributed by atoms with E-state index in [0.717, 1.165) is 5.56 Å². The molecule has 1 aromatic carbocycles. The molecule has 0 unspecified atom stereocenters. The molecule has 0 saturated heterocycles. The molecule has 2 nitrogen and oxygen atoms in total. The van der Waals surface area contributed by atoms with Gasteiger partial charge < -0.3 is 9.68 Å². The Hall–Kier alpha value is -0.665. The quantitative estimate of drug-likeness (QED) is 0.678. The molecule has 58 valence electrons. The van der Waals surface area contributed by atoms with Gasteiger partial charge in [-0.25, -0.2) is 0 Å². The fraction of sp³-hybridized carbons (Fsp3) is 0.143. The van der Waals surface area contributed by atoms with E-state index in [4.69, 9.17) is 21.3 Å². The van der Waals surface area contributed by atoms with Crippen LogP contribution in [-0.4, -0.2) is 12.7 Å². The van der Waals surface area contributed by atoms with E-state index >= 15 is 0 Å². The lowest BCUT2D eigenvalue weighted by Crippen LogP contribution is -2.00. The van der Waals surface area contributed by atoms with Gasteiger partial charge >= 0.3 is 7.69 Å². The van der Waals surface area contributed by atoms with E-state index in [1.165, 1.54) is 0 Å². The van der Waals surface area contributed by atoms with Gasteiger partial charge in [0.05, 0.1) is 0 Å². The number of halogens is 1. The third-order valence-corrected chi connectivity index (χ3v) is 1.59. The first-order valence-electron chi connectivity index (χ1n) is 3.24. The summed E-state index contributed by atoms with van der Waals surface area (Å²) >= 11 is 5.70. The number of hydrogen-bond acceptors (Lipinski definition) is 2. The zero-order valence-electron chi connectivity index (χ0n) is 6.17. The van der Waals surface area contributed by atoms with Crippen molar-refractivity contribution in [2.75, 3.05) is 0 Å². The van der Waals surface area contributed by atoms with Gasteiger partial charge in [0.2, 0.25) is 0 Å². The summed E-state index contributed by atoms with van der Waals surface area (Å²) in [4.78, 5) is 0. The number of rotatable bonds is 2. The number of aryl methyl sites for hydroxylation is 1. The molecule has 4 heteroatoms. The van der Waals surface area contributed by atoms with E-state index in [0.29, 0.717) is 10.8 Å². The van der Waals surface area contributed by atoms with Crippen LogP contribution in [0.3, 0.4) is 0 Å². The molecule has 0 aromatic heterocycles. The van der Waals surface area contributed by atoms with Gasteiger partial charge in [-0.2, -0.15) is 0 Å². The van der Waals surface area contributed by atoms with E-state index in [2.05, 4.69) is 0 Å². The fourth-order valence-electron chi connectivity index (χ4n) is 0.844. The lowest BCUT2D eigenvalue weighted by Gasteiger charge is -2.05. The van der Waals surface area contributed by atoms with Crippen LogP contribution in [0.4, 0.5) is 0 Å². The molecule has 11 heavy (non-hydrogen) atoms. The van der Waals surface area contributed by atoms with Crippen LogP contribution < -0.4 is 4.65 Å². The zero-order chi connectivity index (χ0) is 8.27. The minimum Gasteiger partial charge on any atom is -0.539 e. The molecule has 0 heterocycles. The SMILES string of the molecule is Cc1cc(Cl)ccc1OBO. The molecular weight excluding hydrogens is 162 g/mol. The Labute approximate surface area is 71.1 Å². The van der Waals surface area contributed by atoms with Crippen molar-refractivity contribution >= 4 is 19.3 Å². The summed E-state index contributed by atoms with van der Waals surface area (Å²) in [6.45, 7) is 1.87. The van der Waals surface area contributed by atoms with Crippen LogP contribution in [-0.2, 0) is 0 Å². The highest BCUT2D eigenvalue weighted by atomic mass is 35.5. The summed E-state index contributed by atoms with van der Waals surface area (Å²) in [5.41, 5.74) is 0.923. The van der Waals surface area contributed by atoms with Crippen LogP contribution in [0.5, 0.6) is 5.75 Å². The van der Waals surface area contributed by atoms with Gasteiger partial charge in [-0.15, -0.1) is 0 Å². The molecule has 0 bridgehead atoms. The van der Waals surface area contributed by atoms with Gasteiger partial charge in [0, 0.05) is 5.02 Å². The van der Waals surface area contributed by atoms with Gasteiger partial charge in [-0.1, -0.05) is 11.6 Å². The van der Waals surface area contributed by atoms with E-state index < -0.39 is 0 Å². The minimum atomic E-state index is -0.303. The molecule has 0 fully saturated rings. The molecule has 0 aliphatic carbocycles. The molecule has 0 spiro atoms. The van der Waals surface area contributed by atoms with Crippen LogP contribution in [0.1, 0.15) is 5.56 Å². The number of benzene rings is 1. The maximum absolute atomic E-state index is 8.46. The molecule has 0 atom stereocenters. The van der Waals surface area contributed by atoms with Crippen LogP contribution >= 0.6 is 11.6 Å². The average Bonchev–Trinajstić information content (AvgIpc) is 1.95. The Bertz CT molecular complexity index is 252. The Morgan fingerprint density at radius 2 is 2.27 bits per heavy atom. The van der Waals surface area contributed by atoms with Crippen molar-refractivity contribution in [1.82, 2.24) is 0 Å². The molecule has 0 amide bonds. The third-order valence-electron chi connectivity index (χ3n) is 1.36. The molecule has 0 saturated carbocycles. The summed E-state index contributed by atoms with van der Waals surface area (Å²) in [6, 6.07) is 5.24. The predicted octanol–water partition coefficient (Wildman–Crippen LogP) is 1.29. The summed E-state index contributed by atoms with van der Waals surface area (Å²) in [7, 11) is -0.303. The second-order valence-electron chi connectivity index (χ2n) is 2.18. The first kappa shape index (κ1) is 8.43. The summed E-state index contributed by atoms with van der Waals surface area (Å²) in [6.07, 6.45) is 0. The van der Waals surface area contributed by atoms with Crippen molar-refractivity contribution in [2.24, 2.45) is 0 Å². The molecule has 0 aliphatic rings. The zero-order valence-corrected chi connectivity index (χ0v) is 6.93. The fourth-order valence-corrected chi connectivity index (χ4v) is 1.07. The van der Waals surface area contributed by atoms with Gasteiger partial charge in [-0.3, -0.25) is 0 Å². The van der Waals surface area contributed by atoms with E-state index in [-0.39, 0.29) is 7.69 Å². The Morgan fingerprint density at radius 1 is 1.55 bits per heavy atom. The maximum Gasteiger partial charge on any atom is 0.504 e. The molecule has 1 N–H and O–H groups in total. The van der Waals surface area contributed by atoms with Crippen molar-refractivity contribution in [3.63, 3.8) is 0 Å². The predicted molar refractivity (Wildman–Crippen MR) is 46.2 cm³/mol. The monoisotopic (exact) mass is 170 g/mol. The highest BCUT2D eigenvalue weighted by molar-refractivity contribution is 6.30. The van der Waals surface area contributed by atoms with Crippen LogP contribution in [0, 0.1) is 6.92 Å². The maximum atomic E-state index is 8.46. The summed E-state index contributed by atoms with van der Waals surface area (Å²) < 4.78 is 4.89. The standard InChI is InChI=1S/C7H8BClO2/c1-5-4-6(9)2-3-7(5)11-8-10/h2-4,8,10H,1H3. The smallest absolute Gasteiger partial charge is 0.504 e. The van der Waals surface area contributed by atoms with Crippen LogP contribution in [0.15, 0.2) is 18.2 Å². The van der Waals surface area contributed by atoms with Crippen molar-refractivity contribution < 1.29 is 9.68 Å². The first-order chi connectivity index (χ1) is 5.24. The Morgan fingerprint density at radius 3 is 2.82 bits per heavy atom. The molecule has 0 aliphatic heterocycles. The average molecular weight is 170 g/mol. The van der Waals surface area contributed by atoms with Gasteiger partial charge in [0.1, 0.15) is 5.75 Å². The topological polar surface area (TPSA) is 29.5 Å². The van der Waals surface area contributed by atoms with E-state index in [1.807, 2.05) is 6.92 Å². The van der Waals surface area contributed by atoms with Gasteiger partial charge in [0.25, 0.3) is 0 Å². The Balaban J connectivity index is 2.90. The van der Waals surface area contributed by atoms with E-state index in [1.54, 1.807) is 18.2 Å². The summed E-state index contributed by atoms with van der Waals surface area (Å²) in [5, 5.41) is 9.13. The van der Waals surface area contributed by atoms with Crippen LogP contribution in [0.25, 0.3) is 0 Å². The van der Waals surface area contributed by atoms with Gasteiger partial charge in [0.15, 0.2) is 0 Å². The van der Waals surface area contributed by atoms with Gasteiger partial charge in [-0.05, 0) is 30.7 Å². The van der Waals surface area contributed by atoms with Crippen molar-refractivity contribution in [3.05, 3.63) is 28.8 Å². The third kappa shape index (κ3) is 2.14. The highest BCUT2D eigenvalue weighted by Crippen LogP contribution is 2.20. The molecule has 1 rings (SSSR count).